The van der Waals surface area contributed by atoms with E-state index in [-0.39, 0.29) is 5.78 Å². The number of ether oxygens (including phenoxy) is 2. The maximum absolute atomic E-state index is 11.9. The van der Waals surface area contributed by atoms with Crippen molar-refractivity contribution in [3.8, 4) is 5.75 Å². The summed E-state index contributed by atoms with van der Waals surface area (Å²) in [6, 6.07) is 5.68. The van der Waals surface area contributed by atoms with Crippen molar-refractivity contribution < 1.29 is 14.3 Å². The number of ketones is 1. The van der Waals surface area contributed by atoms with Crippen molar-refractivity contribution in [2.75, 3.05) is 20.3 Å². The summed E-state index contributed by atoms with van der Waals surface area (Å²) in [6.07, 6.45) is 0. The normalized spacial score (nSPS) is 11.0. The Hall–Kier alpha value is -1.52. The number of nitrogens with zero attached hydrogens (tertiary/aromatic N) is 1. The lowest BCUT2D eigenvalue weighted by atomic mass is 10.1. The number of hydrogen-bond donors (Lipinski definition) is 0. The van der Waals surface area contributed by atoms with Crippen LogP contribution >= 0.6 is 11.6 Å². The molecule has 20 heavy (non-hydrogen) atoms. The molecule has 0 unspecified atom stereocenters. The first kappa shape index (κ1) is 14.9. The zero-order valence-corrected chi connectivity index (χ0v) is 12.7. The van der Waals surface area contributed by atoms with Crippen LogP contribution in [0.2, 0.25) is 5.15 Å². The zero-order chi connectivity index (χ0) is 14.7. The third kappa shape index (κ3) is 2.67. The first-order valence-corrected chi connectivity index (χ1v) is 6.92. The van der Waals surface area contributed by atoms with Gasteiger partial charge in [0, 0.05) is 19.0 Å². The predicted molar refractivity (Wildman–Crippen MR) is 80.0 cm³/mol. The molecule has 0 aliphatic rings. The molecule has 2 rings (SSSR count). The number of fused-ring (bicyclic) bond motifs is 1. The summed E-state index contributed by atoms with van der Waals surface area (Å²) in [5.41, 5.74) is 1.46. The van der Waals surface area contributed by atoms with Gasteiger partial charge < -0.3 is 14.0 Å². The quantitative estimate of drug-likeness (QED) is 0.765. The minimum absolute atomic E-state index is 0.0511. The number of rotatable bonds is 6. The highest BCUT2D eigenvalue weighted by Crippen LogP contribution is 2.33. The van der Waals surface area contributed by atoms with Crippen LogP contribution < -0.4 is 4.74 Å². The fourth-order valence-corrected chi connectivity index (χ4v) is 2.71. The van der Waals surface area contributed by atoms with E-state index in [1.54, 1.807) is 7.11 Å². The van der Waals surface area contributed by atoms with E-state index in [1.165, 1.54) is 6.92 Å². The van der Waals surface area contributed by atoms with E-state index in [1.807, 2.05) is 29.7 Å². The Morgan fingerprint density at radius 2 is 2.15 bits per heavy atom. The average molecular weight is 296 g/mol. The third-order valence-electron chi connectivity index (χ3n) is 3.15. The molecule has 0 bridgehead atoms. The Kier molecular flexibility index (Phi) is 4.68. The molecule has 0 atom stereocenters. The lowest BCUT2D eigenvalue weighted by Gasteiger charge is -2.07. The number of aromatic nitrogens is 1. The molecule has 0 saturated heterocycles. The molecule has 0 aliphatic carbocycles. The van der Waals surface area contributed by atoms with Crippen LogP contribution in [0.5, 0.6) is 5.75 Å². The molecule has 0 amide bonds. The highest BCUT2D eigenvalue weighted by atomic mass is 35.5. The molecule has 0 spiro atoms. The highest BCUT2D eigenvalue weighted by Gasteiger charge is 2.19. The maximum atomic E-state index is 11.9. The van der Waals surface area contributed by atoms with Gasteiger partial charge >= 0.3 is 0 Å². The molecule has 0 radical (unpaired) electrons. The van der Waals surface area contributed by atoms with E-state index in [9.17, 15) is 4.79 Å². The first-order chi connectivity index (χ1) is 9.60. The molecule has 5 heteroatoms. The van der Waals surface area contributed by atoms with E-state index in [0.29, 0.717) is 30.5 Å². The number of methoxy groups -OCH3 is 1. The van der Waals surface area contributed by atoms with E-state index < -0.39 is 0 Å². The van der Waals surface area contributed by atoms with Gasteiger partial charge in [-0.3, -0.25) is 4.79 Å². The minimum Gasteiger partial charge on any atom is -0.494 e. The molecule has 0 N–H and O–H groups in total. The molecule has 1 aromatic heterocycles. The number of halogens is 1. The van der Waals surface area contributed by atoms with Gasteiger partial charge in [-0.1, -0.05) is 11.6 Å². The zero-order valence-electron chi connectivity index (χ0n) is 11.9. The van der Waals surface area contributed by atoms with Gasteiger partial charge in [0.1, 0.15) is 10.9 Å². The van der Waals surface area contributed by atoms with E-state index >= 15 is 0 Å². The molecular weight excluding hydrogens is 278 g/mol. The second-order valence-corrected chi connectivity index (χ2v) is 4.84. The lowest BCUT2D eigenvalue weighted by molar-refractivity contribution is 0.101. The van der Waals surface area contributed by atoms with Crippen LogP contribution in [0.1, 0.15) is 24.2 Å². The monoisotopic (exact) mass is 295 g/mol. The largest absolute Gasteiger partial charge is 0.494 e. The van der Waals surface area contributed by atoms with Crippen LogP contribution in [0.25, 0.3) is 10.9 Å². The van der Waals surface area contributed by atoms with Gasteiger partial charge in [0.05, 0.1) is 24.3 Å². The van der Waals surface area contributed by atoms with Gasteiger partial charge in [-0.2, -0.15) is 0 Å². The molecule has 0 fully saturated rings. The summed E-state index contributed by atoms with van der Waals surface area (Å²) in [7, 11) is 1.64. The summed E-state index contributed by atoms with van der Waals surface area (Å²) in [6.45, 7) is 5.17. The van der Waals surface area contributed by atoms with Gasteiger partial charge in [0.25, 0.3) is 0 Å². The number of benzene rings is 1. The molecule has 0 aliphatic heterocycles. The first-order valence-electron chi connectivity index (χ1n) is 6.54. The van der Waals surface area contributed by atoms with E-state index in [0.717, 1.165) is 16.7 Å². The topological polar surface area (TPSA) is 40.5 Å². The molecule has 2 aromatic rings. The third-order valence-corrected chi connectivity index (χ3v) is 3.55. The lowest BCUT2D eigenvalue weighted by Crippen LogP contribution is -2.04. The fourth-order valence-electron chi connectivity index (χ4n) is 2.30. The number of carbonyl (C=O) groups excluding carboxylic acids is 1. The van der Waals surface area contributed by atoms with Crippen molar-refractivity contribution in [3.63, 3.8) is 0 Å². The number of carbonyl (C=O) groups is 1. The Morgan fingerprint density at radius 1 is 1.40 bits per heavy atom. The Bertz CT molecular complexity index is 634. The molecular formula is C15H18ClNO3. The second kappa shape index (κ2) is 6.29. The van der Waals surface area contributed by atoms with Crippen LogP contribution in [0.15, 0.2) is 18.2 Å². The summed E-state index contributed by atoms with van der Waals surface area (Å²) < 4.78 is 12.5. The highest BCUT2D eigenvalue weighted by molar-refractivity contribution is 6.35. The standard InChI is InChI=1S/C15H18ClNO3/c1-4-20-11-5-6-13-12(9-11)14(10(2)18)15(16)17(13)7-8-19-3/h5-6,9H,4,7-8H2,1-3H3. The summed E-state index contributed by atoms with van der Waals surface area (Å²) >= 11 is 6.36. The summed E-state index contributed by atoms with van der Waals surface area (Å²) in [5.74, 6) is 0.688. The van der Waals surface area contributed by atoms with Gasteiger partial charge in [0.15, 0.2) is 5.78 Å². The van der Waals surface area contributed by atoms with E-state index in [2.05, 4.69) is 0 Å². The van der Waals surface area contributed by atoms with Crippen LogP contribution in [-0.2, 0) is 11.3 Å². The molecule has 1 aromatic carbocycles. The summed E-state index contributed by atoms with van der Waals surface area (Å²) in [5, 5.41) is 1.28. The Balaban J connectivity index is 2.62. The van der Waals surface area contributed by atoms with Crippen molar-refractivity contribution in [2.24, 2.45) is 0 Å². The number of Topliss-reactive ketones (excluding diaryl/α,β-unsaturated/α-hetero) is 1. The van der Waals surface area contributed by atoms with Crippen molar-refractivity contribution in [2.45, 2.75) is 20.4 Å². The van der Waals surface area contributed by atoms with Crippen molar-refractivity contribution in [1.29, 1.82) is 0 Å². The SMILES string of the molecule is CCOc1ccc2c(c1)c(C(C)=O)c(Cl)n2CCOC. The average Bonchev–Trinajstić information content (AvgIpc) is 2.68. The fraction of sp³-hybridized carbons (Fsp3) is 0.400. The molecule has 1 heterocycles. The van der Waals surface area contributed by atoms with Gasteiger partial charge in [0.2, 0.25) is 0 Å². The van der Waals surface area contributed by atoms with Crippen molar-refractivity contribution in [1.82, 2.24) is 4.57 Å². The summed E-state index contributed by atoms with van der Waals surface area (Å²) in [4.78, 5) is 11.9. The molecule has 0 saturated carbocycles. The molecule has 4 nitrogen and oxygen atoms in total. The Labute approximate surface area is 123 Å². The van der Waals surface area contributed by atoms with Crippen molar-refractivity contribution in [3.05, 3.63) is 28.9 Å². The smallest absolute Gasteiger partial charge is 0.163 e. The van der Waals surface area contributed by atoms with Gasteiger partial charge in [-0.05, 0) is 32.0 Å². The molecule has 108 valence electrons. The Morgan fingerprint density at radius 3 is 2.75 bits per heavy atom. The van der Waals surface area contributed by atoms with Crippen LogP contribution in [0.3, 0.4) is 0 Å². The van der Waals surface area contributed by atoms with Crippen LogP contribution in [0, 0.1) is 0 Å². The minimum atomic E-state index is -0.0511. The van der Waals surface area contributed by atoms with Crippen LogP contribution in [-0.4, -0.2) is 30.7 Å². The predicted octanol–water partition coefficient (Wildman–Crippen LogP) is 3.54. The van der Waals surface area contributed by atoms with Gasteiger partial charge in [-0.15, -0.1) is 0 Å². The number of hydrogen-bond acceptors (Lipinski definition) is 3. The van der Waals surface area contributed by atoms with E-state index in [4.69, 9.17) is 21.1 Å². The van der Waals surface area contributed by atoms with Crippen LogP contribution in [0.4, 0.5) is 0 Å². The maximum Gasteiger partial charge on any atom is 0.163 e. The van der Waals surface area contributed by atoms with Gasteiger partial charge in [-0.25, -0.2) is 0 Å². The second-order valence-electron chi connectivity index (χ2n) is 4.48. The van der Waals surface area contributed by atoms with Crippen molar-refractivity contribution >= 4 is 28.3 Å².